The molecule has 1 fully saturated rings. The average molecular weight is 355 g/mol. The zero-order valence-electron chi connectivity index (χ0n) is 14.2. The third kappa shape index (κ3) is 4.27. The second-order valence-corrected chi connectivity index (χ2v) is 6.29. The third-order valence-electron chi connectivity index (χ3n) is 4.40. The number of aromatic nitrogens is 2. The summed E-state index contributed by atoms with van der Waals surface area (Å²) in [5.41, 5.74) is 6.49. The smallest absolute Gasteiger partial charge is 0.338 e. The van der Waals surface area contributed by atoms with Gasteiger partial charge in [0.1, 0.15) is 0 Å². The molecule has 26 heavy (non-hydrogen) atoms. The predicted molar refractivity (Wildman–Crippen MR) is 96.0 cm³/mol. The van der Waals surface area contributed by atoms with Gasteiger partial charge in [-0.15, -0.1) is 0 Å². The van der Waals surface area contributed by atoms with Crippen molar-refractivity contribution in [3.63, 3.8) is 0 Å². The van der Waals surface area contributed by atoms with Crippen molar-refractivity contribution in [2.24, 2.45) is 22.7 Å². The Balaban J connectivity index is 1.41. The van der Waals surface area contributed by atoms with Crippen molar-refractivity contribution in [2.75, 3.05) is 18.5 Å². The molecule has 0 bridgehead atoms. The zero-order chi connectivity index (χ0) is 18.4. The van der Waals surface area contributed by atoms with Crippen LogP contribution in [0.4, 0.5) is 5.82 Å². The number of ether oxygens (including phenoxy) is 1. The molecule has 0 unspecified atom stereocenters. The van der Waals surface area contributed by atoms with Crippen LogP contribution in [0.1, 0.15) is 28.9 Å². The third-order valence-corrected chi connectivity index (χ3v) is 4.40. The van der Waals surface area contributed by atoms with Gasteiger partial charge in [-0.05, 0) is 36.8 Å². The van der Waals surface area contributed by atoms with Crippen LogP contribution in [0, 0.1) is 11.8 Å². The van der Waals surface area contributed by atoms with E-state index in [9.17, 15) is 4.79 Å². The predicted octanol–water partition coefficient (Wildman–Crippen LogP) is 1.87. The minimum atomic E-state index is -0.282. The van der Waals surface area contributed by atoms with E-state index in [1.54, 1.807) is 18.3 Å². The van der Waals surface area contributed by atoms with E-state index in [2.05, 4.69) is 20.4 Å². The fourth-order valence-electron chi connectivity index (χ4n) is 2.97. The SMILES string of the molecule is N/C(=N\O)c1nccnc1NCC1CC(COC(=O)c2ccccc2)C1. The molecule has 0 atom stereocenters. The second-order valence-electron chi connectivity index (χ2n) is 6.29. The topological polar surface area (TPSA) is 123 Å². The Morgan fingerprint density at radius 1 is 1.23 bits per heavy atom. The molecule has 2 aromatic rings. The van der Waals surface area contributed by atoms with Gasteiger partial charge in [0.25, 0.3) is 0 Å². The number of amidine groups is 1. The number of carbonyl (C=O) groups is 1. The maximum Gasteiger partial charge on any atom is 0.338 e. The molecule has 8 heteroatoms. The summed E-state index contributed by atoms with van der Waals surface area (Å²) in [5.74, 6) is 0.953. The second kappa shape index (κ2) is 8.28. The van der Waals surface area contributed by atoms with Crippen LogP contribution in [0.25, 0.3) is 0 Å². The number of nitrogens with zero attached hydrogens (tertiary/aromatic N) is 3. The maximum absolute atomic E-state index is 11.9. The molecule has 1 aliphatic rings. The first-order valence-corrected chi connectivity index (χ1v) is 8.42. The lowest BCUT2D eigenvalue weighted by molar-refractivity contribution is 0.0299. The molecule has 0 spiro atoms. The van der Waals surface area contributed by atoms with Crippen LogP contribution in [0.5, 0.6) is 0 Å². The number of esters is 1. The van der Waals surface area contributed by atoms with Crippen molar-refractivity contribution >= 4 is 17.6 Å². The van der Waals surface area contributed by atoms with Gasteiger partial charge < -0.3 is 21.0 Å². The Bertz CT molecular complexity index is 775. The van der Waals surface area contributed by atoms with Crippen LogP contribution in [0.15, 0.2) is 47.9 Å². The van der Waals surface area contributed by atoms with Crippen molar-refractivity contribution in [2.45, 2.75) is 12.8 Å². The maximum atomic E-state index is 11.9. The molecule has 136 valence electrons. The highest BCUT2D eigenvalue weighted by Crippen LogP contribution is 2.34. The van der Waals surface area contributed by atoms with Gasteiger partial charge in [-0.25, -0.2) is 14.8 Å². The van der Waals surface area contributed by atoms with Crippen molar-refractivity contribution in [3.05, 3.63) is 54.0 Å². The number of hydrogen-bond acceptors (Lipinski definition) is 7. The molecule has 0 aliphatic heterocycles. The molecule has 4 N–H and O–H groups in total. The normalized spacial score (nSPS) is 19.5. The average Bonchev–Trinajstić information content (AvgIpc) is 2.66. The first-order chi connectivity index (χ1) is 12.7. The molecule has 1 aliphatic carbocycles. The number of benzene rings is 1. The molecule has 8 nitrogen and oxygen atoms in total. The molecule has 1 aromatic carbocycles. The number of hydrogen-bond donors (Lipinski definition) is 3. The number of oxime groups is 1. The Morgan fingerprint density at radius 2 is 1.96 bits per heavy atom. The van der Waals surface area contributed by atoms with Gasteiger partial charge in [-0.1, -0.05) is 23.4 Å². The summed E-state index contributed by atoms with van der Waals surface area (Å²) in [6.07, 6.45) is 4.96. The van der Waals surface area contributed by atoms with Crippen LogP contribution < -0.4 is 11.1 Å². The highest BCUT2D eigenvalue weighted by molar-refractivity contribution is 5.99. The molecule has 1 saturated carbocycles. The van der Waals surface area contributed by atoms with Crippen LogP contribution in [0.3, 0.4) is 0 Å². The fraction of sp³-hybridized carbons (Fsp3) is 0.333. The largest absolute Gasteiger partial charge is 0.462 e. The summed E-state index contributed by atoms with van der Waals surface area (Å²) in [5, 5.41) is 14.9. The standard InChI is InChI=1S/C18H21N5O3/c19-16(23-25)15-17(21-7-6-20-15)22-10-12-8-13(9-12)11-26-18(24)14-4-2-1-3-5-14/h1-7,12-13,25H,8-11H2,(H2,19,23)(H,21,22). The minimum absolute atomic E-state index is 0.0834. The van der Waals surface area contributed by atoms with Crippen LogP contribution in [0.2, 0.25) is 0 Å². The minimum Gasteiger partial charge on any atom is -0.462 e. The highest BCUT2D eigenvalue weighted by Gasteiger charge is 2.30. The van der Waals surface area contributed by atoms with E-state index in [4.69, 9.17) is 15.7 Å². The summed E-state index contributed by atoms with van der Waals surface area (Å²) in [6.45, 7) is 1.14. The Hall–Kier alpha value is -3.16. The molecule has 0 amide bonds. The number of nitrogens with one attached hydrogen (secondary N) is 1. The van der Waals surface area contributed by atoms with Gasteiger partial charge in [0.15, 0.2) is 17.3 Å². The highest BCUT2D eigenvalue weighted by atomic mass is 16.5. The molecule has 0 radical (unpaired) electrons. The van der Waals surface area contributed by atoms with Gasteiger partial charge in [-0.2, -0.15) is 0 Å². The summed E-state index contributed by atoms with van der Waals surface area (Å²) in [6, 6.07) is 8.99. The van der Waals surface area contributed by atoms with Gasteiger partial charge >= 0.3 is 5.97 Å². The fourth-order valence-corrected chi connectivity index (χ4v) is 2.97. The number of nitrogens with two attached hydrogens (primary N) is 1. The summed E-state index contributed by atoms with van der Waals surface area (Å²) in [4.78, 5) is 20.2. The van der Waals surface area contributed by atoms with Crippen molar-refractivity contribution in [3.8, 4) is 0 Å². The monoisotopic (exact) mass is 355 g/mol. The molecule has 1 aromatic heterocycles. The van der Waals surface area contributed by atoms with Crippen LogP contribution >= 0.6 is 0 Å². The van der Waals surface area contributed by atoms with Crippen LogP contribution in [-0.4, -0.2) is 40.1 Å². The van der Waals surface area contributed by atoms with Crippen molar-refractivity contribution < 1.29 is 14.7 Å². The lowest BCUT2D eigenvalue weighted by Crippen LogP contribution is -2.33. The lowest BCUT2D eigenvalue weighted by Gasteiger charge is -2.35. The Kier molecular flexibility index (Phi) is 5.62. The molecule has 3 rings (SSSR count). The van der Waals surface area contributed by atoms with E-state index in [1.165, 1.54) is 6.20 Å². The lowest BCUT2D eigenvalue weighted by atomic mass is 9.75. The molecular formula is C18H21N5O3. The Labute approximate surface area is 151 Å². The molecule has 1 heterocycles. The van der Waals surface area contributed by atoms with Crippen LogP contribution in [-0.2, 0) is 4.74 Å². The zero-order valence-corrected chi connectivity index (χ0v) is 14.2. The number of anilines is 1. The summed E-state index contributed by atoms with van der Waals surface area (Å²) in [7, 11) is 0. The van der Waals surface area contributed by atoms with Gasteiger partial charge in [0.2, 0.25) is 0 Å². The van der Waals surface area contributed by atoms with E-state index < -0.39 is 0 Å². The summed E-state index contributed by atoms with van der Waals surface area (Å²) >= 11 is 0. The van der Waals surface area contributed by atoms with Gasteiger partial charge in [0.05, 0.1) is 12.2 Å². The van der Waals surface area contributed by atoms with Gasteiger partial charge in [0, 0.05) is 18.9 Å². The van der Waals surface area contributed by atoms with Crippen molar-refractivity contribution in [1.29, 1.82) is 0 Å². The van der Waals surface area contributed by atoms with Gasteiger partial charge in [-0.3, -0.25) is 0 Å². The first kappa shape index (κ1) is 17.7. The Morgan fingerprint density at radius 3 is 2.69 bits per heavy atom. The quantitative estimate of drug-likeness (QED) is 0.228. The first-order valence-electron chi connectivity index (χ1n) is 8.42. The molecular weight excluding hydrogens is 334 g/mol. The van der Waals surface area contributed by atoms with E-state index in [1.807, 2.05) is 18.2 Å². The summed E-state index contributed by atoms with van der Waals surface area (Å²) < 4.78 is 5.37. The van der Waals surface area contributed by atoms with Crippen molar-refractivity contribution in [1.82, 2.24) is 9.97 Å². The number of rotatable bonds is 7. The number of carbonyl (C=O) groups excluding carboxylic acids is 1. The van der Waals surface area contributed by atoms with E-state index in [0.29, 0.717) is 42.1 Å². The van der Waals surface area contributed by atoms with E-state index >= 15 is 0 Å². The van der Waals surface area contributed by atoms with E-state index in [0.717, 1.165) is 12.8 Å². The van der Waals surface area contributed by atoms with E-state index in [-0.39, 0.29) is 11.8 Å². The molecule has 0 saturated heterocycles.